The highest BCUT2D eigenvalue weighted by Gasteiger charge is 2.43. The number of carbonyl (C=O) groups excluding carboxylic acids is 4. The van der Waals surface area contributed by atoms with Gasteiger partial charge in [-0.15, -0.1) is 0 Å². The standard InChI is InChI=1S/C30H28N6O5S/c37-25(29(40)35-14-12-34(13-15-35)20-7-2-1-3-8-20)17-24-28(39)36-27(32-24)22-10-4-5-11-23(22)33-30(36)42-19-26(38)31-18-21-9-6-16-41-21/h1-11,16,24H,12-15,17-19H2,(H,31,38). The van der Waals surface area contributed by atoms with Crippen LogP contribution in [0.2, 0.25) is 0 Å². The second-order valence-corrected chi connectivity index (χ2v) is 10.9. The molecule has 1 unspecified atom stereocenters. The average Bonchev–Trinajstić information content (AvgIpc) is 3.67. The third-order valence-corrected chi connectivity index (χ3v) is 8.16. The summed E-state index contributed by atoms with van der Waals surface area (Å²) in [5.74, 6) is -0.952. The van der Waals surface area contributed by atoms with Gasteiger partial charge in [-0.3, -0.25) is 24.2 Å². The Hall–Kier alpha value is -4.71. The lowest BCUT2D eigenvalue weighted by molar-refractivity contribution is -0.145. The predicted octanol–water partition coefficient (Wildman–Crippen LogP) is 2.60. The van der Waals surface area contributed by atoms with Gasteiger partial charge in [0, 0.05) is 43.9 Å². The van der Waals surface area contributed by atoms with Crippen molar-refractivity contribution < 1.29 is 23.6 Å². The molecule has 12 heteroatoms. The number of thioether (sulfide) groups is 1. The van der Waals surface area contributed by atoms with Crippen molar-refractivity contribution in [3.8, 4) is 0 Å². The summed E-state index contributed by atoms with van der Waals surface area (Å²) in [4.78, 5) is 66.4. The molecule has 1 atom stereocenters. The lowest BCUT2D eigenvalue weighted by Gasteiger charge is -2.35. The summed E-state index contributed by atoms with van der Waals surface area (Å²) in [5, 5.41) is 3.07. The molecule has 6 rings (SSSR count). The van der Waals surface area contributed by atoms with Crippen molar-refractivity contribution in [1.82, 2.24) is 15.1 Å². The van der Waals surface area contributed by atoms with E-state index in [-0.39, 0.29) is 24.6 Å². The zero-order valence-corrected chi connectivity index (χ0v) is 23.5. The van der Waals surface area contributed by atoms with E-state index in [1.165, 1.54) is 11.2 Å². The van der Waals surface area contributed by atoms with E-state index < -0.39 is 23.6 Å². The molecule has 42 heavy (non-hydrogen) atoms. The topological polar surface area (TPSA) is 128 Å². The molecule has 0 saturated carbocycles. The Morgan fingerprint density at radius 1 is 0.952 bits per heavy atom. The number of benzene rings is 2. The fourth-order valence-corrected chi connectivity index (χ4v) is 5.89. The number of piperazine rings is 1. The minimum absolute atomic E-state index is 0.00973. The summed E-state index contributed by atoms with van der Waals surface area (Å²) < 4.78 is 5.24. The van der Waals surface area contributed by atoms with E-state index in [1.54, 1.807) is 29.2 Å². The van der Waals surface area contributed by atoms with Gasteiger partial charge in [0.05, 0.1) is 24.2 Å². The Morgan fingerprint density at radius 2 is 1.71 bits per heavy atom. The number of ketones is 1. The fraction of sp³-hybridized carbons (Fsp3) is 0.267. The first-order chi connectivity index (χ1) is 20.5. The third kappa shape index (κ3) is 5.70. The summed E-state index contributed by atoms with van der Waals surface area (Å²) in [6.45, 7) is 2.31. The minimum Gasteiger partial charge on any atom is -0.467 e. The van der Waals surface area contributed by atoms with Crippen LogP contribution in [0, 0.1) is 0 Å². The maximum Gasteiger partial charge on any atom is 0.290 e. The van der Waals surface area contributed by atoms with E-state index in [2.05, 4.69) is 20.2 Å². The number of hydrogen-bond acceptors (Lipinski definition) is 9. The first-order valence-electron chi connectivity index (χ1n) is 13.6. The van der Waals surface area contributed by atoms with Gasteiger partial charge < -0.3 is 19.5 Å². The molecule has 0 aliphatic carbocycles. The number of fused-ring (bicyclic) bond motifs is 3. The van der Waals surface area contributed by atoms with Crippen LogP contribution < -0.4 is 10.2 Å². The molecule has 11 nitrogen and oxygen atoms in total. The SMILES string of the molecule is O=C(CSC1=Nc2ccccc2C2=NC(CC(=O)C(=O)N3CCN(c4ccccc4)CC3)C(=O)N12)NCc1ccco1. The number of para-hydroxylation sites is 2. The molecule has 214 valence electrons. The van der Waals surface area contributed by atoms with Gasteiger partial charge in [-0.1, -0.05) is 42.1 Å². The van der Waals surface area contributed by atoms with Gasteiger partial charge in [0.15, 0.2) is 5.17 Å². The zero-order chi connectivity index (χ0) is 29.1. The maximum atomic E-state index is 13.5. The molecule has 0 spiro atoms. The first-order valence-corrected chi connectivity index (χ1v) is 14.6. The van der Waals surface area contributed by atoms with Gasteiger partial charge in [0.2, 0.25) is 11.7 Å². The predicted molar refractivity (Wildman–Crippen MR) is 159 cm³/mol. The lowest BCUT2D eigenvalue weighted by atomic mass is 10.1. The largest absolute Gasteiger partial charge is 0.467 e. The normalized spacial score (nSPS) is 17.8. The molecule has 1 aromatic heterocycles. The van der Waals surface area contributed by atoms with Crippen molar-refractivity contribution in [2.24, 2.45) is 9.98 Å². The second kappa shape index (κ2) is 12.0. The molecule has 4 heterocycles. The van der Waals surface area contributed by atoms with Crippen LogP contribution in [0.3, 0.4) is 0 Å². The monoisotopic (exact) mass is 584 g/mol. The summed E-state index contributed by atoms with van der Waals surface area (Å²) in [6, 6.07) is 19.6. The number of hydrogen-bond donors (Lipinski definition) is 1. The molecule has 3 amide bonds. The van der Waals surface area contributed by atoms with Crippen molar-refractivity contribution in [2.75, 3.05) is 36.8 Å². The highest BCUT2D eigenvalue weighted by molar-refractivity contribution is 8.14. The Kier molecular flexibility index (Phi) is 7.87. The lowest BCUT2D eigenvalue weighted by Crippen LogP contribution is -2.51. The number of carbonyl (C=O) groups is 4. The van der Waals surface area contributed by atoms with Gasteiger partial charge >= 0.3 is 0 Å². The quantitative estimate of drug-likeness (QED) is 0.403. The van der Waals surface area contributed by atoms with Crippen molar-refractivity contribution in [1.29, 1.82) is 0 Å². The molecular weight excluding hydrogens is 556 g/mol. The number of furan rings is 1. The molecule has 1 saturated heterocycles. The van der Waals surface area contributed by atoms with Crippen molar-refractivity contribution >= 4 is 57.6 Å². The van der Waals surface area contributed by atoms with Crippen LogP contribution in [0.1, 0.15) is 17.7 Å². The number of rotatable bonds is 8. The van der Waals surface area contributed by atoms with E-state index >= 15 is 0 Å². The number of Topliss-reactive ketones (excluding diaryl/α,β-unsaturated/α-hetero) is 1. The van der Waals surface area contributed by atoms with E-state index in [4.69, 9.17) is 4.42 Å². The van der Waals surface area contributed by atoms with Crippen molar-refractivity contribution in [3.63, 3.8) is 0 Å². The van der Waals surface area contributed by atoms with Crippen LogP contribution in [0.4, 0.5) is 11.4 Å². The Balaban J connectivity index is 1.10. The molecule has 2 aromatic carbocycles. The summed E-state index contributed by atoms with van der Waals surface area (Å²) in [6.07, 6.45) is 1.20. The van der Waals surface area contributed by atoms with Crippen LogP contribution in [0.25, 0.3) is 0 Å². The van der Waals surface area contributed by atoms with E-state index in [1.807, 2.05) is 42.5 Å². The molecular formula is C30H28N6O5S. The molecule has 3 aliphatic heterocycles. The summed E-state index contributed by atoms with van der Waals surface area (Å²) in [7, 11) is 0. The van der Waals surface area contributed by atoms with E-state index in [0.29, 0.717) is 54.2 Å². The molecule has 3 aliphatic rings. The molecule has 3 aromatic rings. The van der Waals surface area contributed by atoms with Crippen molar-refractivity contribution in [3.05, 3.63) is 84.3 Å². The van der Waals surface area contributed by atoms with Gasteiger partial charge in [0.25, 0.3) is 11.8 Å². The van der Waals surface area contributed by atoms with E-state index in [0.717, 1.165) is 17.4 Å². The Bertz CT molecular complexity index is 1560. The van der Waals surface area contributed by atoms with E-state index in [9.17, 15) is 19.2 Å². The van der Waals surface area contributed by atoms with Crippen LogP contribution in [-0.4, -0.2) is 82.3 Å². The highest BCUT2D eigenvalue weighted by atomic mass is 32.2. The third-order valence-electron chi connectivity index (χ3n) is 7.23. The average molecular weight is 585 g/mol. The minimum atomic E-state index is -1.05. The van der Waals surface area contributed by atoms with Gasteiger partial charge in [-0.2, -0.15) is 0 Å². The number of aliphatic imine (C=N–C) groups is 2. The smallest absolute Gasteiger partial charge is 0.290 e. The van der Waals surface area contributed by atoms with Crippen LogP contribution in [0.5, 0.6) is 0 Å². The summed E-state index contributed by atoms with van der Waals surface area (Å²) >= 11 is 1.10. The number of nitrogens with zero attached hydrogens (tertiary/aromatic N) is 5. The number of amidine groups is 2. The van der Waals surface area contributed by atoms with Crippen LogP contribution >= 0.6 is 11.8 Å². The second-order valence-electron chi connectivity index (χ2n) is 9.94. The van der Waals surface area contributed by atoms with Gasteiger partial charge in [-0.05, 0) is 36.4 Å². The number of nitrogens with one attached hydrogen (secondary N) is 1. The van der Waals surface area contributed by atoms with Crippen molar-refractivity contribution in [2.45, 2.75) is 19.0 Å². The molecule has 1 N–H and O–H groups in total. The Morgan fingerprint density at radius 3 is 2.48 bits per heavy atom. The summed E-state index contributed by atoms with van der Waals surface area (Å²) in [5.41, 5.74) is 2.33. The Labute approximate surface area is 246 Å². The number of amides is 3. The first kappa shape index (κ1) is 27.5. The van der Waals surface area contributed by atoms with Crippen LogP contribution in [0.15, 0.2) is 87.4 Å². The fourth-order valence-electron chi connectivity index (χ4n) is 5.06. The van der Waals surface area contributed by atoms with Gasteiger partial charge in [0.1, 0.15) is 17.6 Å². The van der Waals surface area contributed by atoms with Crippen LogP contribution in [-0.2, 0) is 25.7 Å². The zero-order valence-electron chi connectivity index (χ0n) is 22.6. The molecule has 1 fully saturated rings. The maximum absolute atomic E-state index is 13.5. The van der Waals surface area contributed by atoms with Gasteiger partial charge in [-0.25, -0.2) is 9.89 Å². The number of anilines is 1. The highest BCUT2D eigenvalue weighted by Crippen LogP contribution is 2.34. The molecule has 0 radical (unpaired) electrons. The molecule has 0 bridgehead atoms.